The molecule has 0 aliphatic rings. The van der Waals surface area contributed by atoms with Crippen molar-refractivity contribution in [3.05, 3.63) is 41.8 Å². The number of nitrogens with zero attached hydrogens (tertiary/aromatic N) is 3. The molecule has 3 aromatic rings. The smallest absolute Gasteiger partial charge is 0.209 e. The Morgan fingerprint density at radius 2 is 1.74 bits per heavy atom. The fraction of sp³-hybridized carbons (Fsp3) is 0.118. The summed E-state index contributed by atoms with van der Waals surface area (Å²) in [4.78, 5) is 12.9. The van der Waals surface area contributed by atoms with Crippen LogP contribution in [0.1, 0.15) is 0 Å². The van der Waals surface area contributed by atoms with Gasteiger partial charge in [-0.05, 0) is 31.0 Å². The molecule has 0 saturated carbocycles. The van der Waals surface area contributed by atoms with Gasteiger partial charge in [-0.25, -0.2) is 15.0 Å². The molecule has 23 heavy (non-hydrogen) atoms. The lowest BCUT2D eigenvalue weighted by atomic mass is 10.1. The average Bonchev–Trinajstić information content (AvgIpc) is 3.10. The van der Waals surface area contributed by atoms with E-state index in [4.69, 9.17) is 14.5 Å². The monoisotopic (exact) mass is 325 g/mol. The third-order valence-electron chi connectivity index (χ3n) is 3.32. The maximum absolute atomic E-state index is 5.49. The summed E-state index contributed by atoms with van der Waals surface area (Å²) >= 11 is 1.43. The highest BCUT2D eigenvalue weighted by Crippen LogP contribution is 2.37. The summed E-state index contributed by atoms with van der Waals surface area (Å²) in [6.45, 7) is 3.49. The number of thiazole rings is 1. The Kier molecular flexibility index (Phi) is 4.34. The van der Waals surface area contributed by atoms with Crippen molar-refractivity contribution in [1.29, 1.82) is 0 Å². The molecule has 0 bridgehead atoms. The highest BCUT2D eigenvalue weighted by molar-refractivity contribution is 7.13. The van der Waals surface area contributed by atoms with Crippen molar-refractivity contribution in [2.75, 3.05) is 14.2 Å². The Balaban J connectivity index is 2.08. The lowest BCUT2D eigenvalue weighted by Crippen LogP contribution is -1.95. The molecule has 2 heterocycles. The van der Waals surface area contributed by atoms with Gasteiger partial charge in [-0.1, -0.05) is 12.1 Å². The van der Waals surface area contributed by atoms with E-state index in [1.54, 1.807) is 14.2 Å². The summed E-state index contributed by atoms with van der Waals surface area (Å²) in [5.74, 6) is 1.33. The fourth-order valence-electron chi connectivity index (χ4n) is 2.27. The number of hydrogen-bond acceptors (Lipinski definition) is 6. The molecule has 3 rings (SSSR count). The molecule has 0 spiro atoms. The van der Waals surface area contributed by atoms with Crippen molar-refractivity contribution in [3.63, 3.8) is 0 Å². The van der Waals surface area contributed by atoms with Gasteiger partial charge < -0.3 is 9.47 Å². The molecular weight excluding hydrogens is 310 g/mol. The van der Waals surface area contributed by atoms with E-state index in [2.05, 4.69) is 16.7 Å². The zero-order valence-corrected chi connectivity index (χ0v) is 13.6. The number of methoxy groups -OCH3 is 2. The summed E-state index contributed by atoms with van der Waals surface area (Å²) in [6.07, 6.45) is 0. The molecule has 0 fully saturated rings. The second-order valence-electron chi connectivity index (χ2n) is 4.62. The maximum Gasteiger partial charge on any atom is 0.209 e. The Bertz CT molecular complexity index is 845. The van der Waals surface area contributed by atoms with Crippen LogP contribution >= 0.6 is 11.3 Å². The molecule has 0 atom stereocenters. The largest absolute Gasteiger partial charge is 0.493 e. The van der Waals surface area contributed by atoms with E-state index in [1.807, 2.05) is 41.8 Å². The molecule has 0 aliphatic heterocycles. The van der Waals surface area contributed by atoms with E-state index in [1.165, 1.54) is 11.3 Å². The van der Waals surface area contributed by atoms with E-state index in [9.17, 15) is 0 Å². The molecule has 0 aliphatic carbocycles. The van der Waals surface area contributed by atoms with Crippen molar-refractivity contribution in [3.8, 4) is 34.1 Å². The summed E-state index contributed by atoms with van der Waals surface area (Å²) in [7, 11) is 3.23. The number of rotatable bonds is 5. The molecule has 2 aromatic heterocycles. The van der Waals surface area contributed by atoms with Crippen LogP contribution in [0.4, 0.5) is 5.13 Å². The molecule has 116 valence electrons. The minimum Gasteiger partial charge on any atom is -0.493 e. The molecule has 1 aromatic carbocycles. The van der Waals surface area contributed by atoms with Crippen LogP contribution in [-0.4, -0.2) is 30.9 Å². The summed E-state index contributed by atoms with van der Waals surface area (Å²) in [6, 6.07) is 11.5. The highest BCUT2D eigenvalue weighted by Gasteiger charge is 2.13. The normalized spacial score (nSPS) is 10.3. The predicted octanol–water partition coefficient (Wildman–Crippen LogP) is 4.22. The van der Waals surface area contributed by atoms with Gasteiger partial charge in [0.1, 0.15) is 5.69 Å². The lowest BCUT2D eigenvalue weighted by molar-refractivity contribution is 0.356. The minimum absolute atomic E-state index is 0.631. The first-order valence-corrected chi connectivity index (χ1v) is 7.76. The highest BCUT2D eigenvalue weighted by atomic mass is 32.1. The fourth-order valence-corrected chi connectivity index (χ4v) is 2.89. The van der Waals surface area contributed by atoms with E-state index < -0.39 is 0 Å². The van der Waals surface area contributed by atoms with Crippen molar-refractivity contribution < 1.29 is 9.47 Å². The lowest BCUT2D eigenvalue weighted by Gasteiger charge is -2.12. The van der Waals surface area contributed by atoms with Crippen LogP contribution < -0.4 is 9.47 Å². The molecule has 0 amide bonds. The predicted molar refractivity (Wildman–Crippen MR) is 93.1 cm³/mol. The van der Waals surface area contributed by atoms with Crippen LogP contribution in [0.25, 0.3) is 22.6 Å². The third kappa shape index (κ3) is 2.93. The molecule has 0 saturated heterocycles. The van der Waals surface area contributed by atoms with Gasteiger partial charge in [0.25, 0.3) is 0 Å². The van der Waals surface area contributed by atoms with E-state index in [-0.39, 0.29) is 0 Å². The number of aliphatic imine (C=N–C) groups is 1. The zero-order chi connectivity index (χ0) is 16.2. The first kappa shape index (κ1) is 15.2. The van der Waals surface area contributed by atoms with E-state index in [0.717, 1.165) is 22.6 Å². The molecule has 0 unspecified atom stereocenters. The Morgan fingerprint density at radius 3 is 2.43 bits per heavy atom. The molecule has 0 N–H and O–H groups in total. The summed E-state index contributed by atoms with van der Waals surface area (Å²) < 4.78 is 10.8. The van der Waals surface area contributed by atoms with Gasteiger partial charge >= 0.3 is 0 Å². The van der Waals surface area contributed by atoms with Gasteiger partial charge in [-0.2, -0.15) is 0 Å². The number of para-hydroxylation sites is 1. The van der Waals surface area contributed by atoms with Gasteiger partial charge in [0.05, 0.1) is 25.6 Å². The van der Waals surface area contributed by atoms with Crippen LogP contribution in [0.15, 0.2) is 46.8 Å². The quantitative estimate of drug-likeness (QED) is 0.659. The second-order valence-corrected chi connectivity index (χ2v) is 5.46. The van der Waals surface area contributed by atoms with E-state index >= 15 is 0 Å². The van der Waals surface area contributed by atoms with Crippen LogP contribution in [0.3, 0.4) is 0 Å². The summed E-state index contributed by atoms with van der Waals surface area (Å²) in [5.41, 5.74) is 3.21. The van der Waals surface area contributed by atoms with Crippen LogP contribution in [0.2, 0.25) is 0 Å². The Hall–Kier alpha value is -2.73. The number of pyridine rings is 1. The van der Waals surface area contributed by atoms with Crippen LogP contribution in [0.5, 0.6) is 11.5 Å². The van der Waals surface area contributed by atoms with Crippen molar-refractivity contribution in [1.82, 2.24) is 9.97 Å². The first-order chi connectivity index (χ1) is 11.3. The van der Waals surface area contributed by atoms with Gasteiger partial charge in [0, 0.05) is 10.9 Å². The second kappa shape index (κ2) is 6.58. The number of aromatic nitrogens is 2. The first-order valence-electron chi connectivity index (χ1n) is 6.88. The average molecular weight is 325 g/mol. The molecule has 6 heteroatoms. The Morgan fingerprint density at radius 1 is 0.957 bits per heavy atom. The number of hydrogen-bond donors (Lipinski definition) is 0. The van der Waals surface area contributed by atoms with E-state index in [0.29, 0.717) is 16.6 Å². The molecule has 5 nitrogen and oxygen atoms in total. The van der Waals surface area contributed by atoms with Crippen molar-refractivity contribution in [2.24, 2.45) is 4.99 Å². The van der Waals surface area contributed by atoms with Crippen LogP contribution in [0, 0.1) is 0 Å². The topological polar surface area (TPSA) is 56.6 Å². The number of ether oxygens (including phenoxy) is 2. The number of benzene rings is 1. The van der Waals surface area contributed by atoms with Gasteiger partial charge in [-0.3, -0.25) is 0 Å². The van der Waals surface area contributed by atoms with Gasteiger partial charge in [0.2, 0.25) is 5.13 Å². The third-order valence-corrected chi connectivity index (χ3v) is 4.09. The summed E-state index contributed by atoms with van der Waals surface area (Å²) in [5, 5.41) is 2.55. The maximum atomic E-state index is 5.49. The minimum atomic E-state index is 0.631. The Labute approximate surface area is 138 Å². The molecular formula is C17H15N3O2S. The standard InChI is InChI=1S/C17H15N3O2S/c1-18-17-20-14(10-23-17)13-8-5-7-12(19-13)11-6-4-9-15(21-2)16(11)22-3/h4-10H,1H2,2-3H3. The SMILES string of the molecule is C=Nc1nc(-c2cccc(-c3cccc(OC)c3OC)n2)cs1. The van der Waals surface area contributed by atoms with Crippen LogP contribution in [-0.2, 0) is 0 Å². The van der Waals surface area contributed by atoms with Crippen molar-refractivity contribution in [2.45, 2.75) is 0 Å². The van der Waals surface area contributed by atoms with Gasteiger partial charge in [0.15, 0.2) is 11.5 Å². The molecule has 0 radical (unpaired) electrons. The van der Waals surface area contributed by atoms with Crippen molar-refractivity contribution >= 4 is 23.2 Å². The van der Waals surface area contributed by atoms with Gasteiger partial charge in [-0.15, -0.1) is 11.3 Å². The zero-order valence-electron chi connectivity index (χ0n) is 12.8.